The lowest BCUT2D eigenvalue weighted by atomic mass is 9.89. The predicted octanol–water partition coefficient (Wildman–Crippen LogP) is 3.84. The van der Waals surface area contributed by atoms with Crippen LogP contribution in [-0.4, -0.2) is 13.1 Å². The Morgan fingerprint density at radius 2 is 1.64 bits per heavy atom. The SMILES string of the molecule is CCCNCCCC[C@@H](C)[C@H](C)CC. The average Bonchev–Trinajstić information content (AvgIpc) is 2.21. The van der Waals surface area contributed by atoms with E-state index in [0.717, 1.165) is 11.8 Å². The van der Waals surface area contributed by atoms with Gasteiger partial charge in [0.25, 0.3) is 0 Å². The minimum Gasteiger partial charge on any atom is -0.317 e. The Morgan fingerprint density at radius 3 is 2.21 bits per heavy atom. The van der Waals surface area contributed by atoms with Crippen LogP contribution in [-0.2, 0) is 0 Å². The van der Waals surface area contributed by atoms with E-state index >= 15 is 0 Å². The van der Waals surface area contributed by atoms with Crippen LogP contribution in [0.15, 0.2) is 0 Å². The summed E-state index contributed by atoms with van der Waals surface area (Å²) in [6, 6.07) is 0. The fourth-order valence-electron chi connectivity index (χ4n) is 1.70. The highest BCUT2D eigenvalue weighted by atomic mass is 14.8. The summed E-state index contributed by atoms with van der Waals surface area (Å²) >= 11 is 0. The first-order valence-electron chi connectivity index (χ1n) is 6.43. The molecule has 0 aromatic rings. The Kier molecular flexibility index (Phi) is 9.49. The van der Waals surface area contributed by atoms with Crippen molar-refractivity contribution in [1.82, 2.24) is 5.32 Å². The number of nitrogens with one attached hydrogen (secondary N) is 1. The van der Waals surface area contributed by atoms with Gasteiger partial charge in [0.05, 0.1) is 0 Å². The molecule has 0 fully saturated rings. The Balaban J connectivity index is 3.18. The smallest absolute Gasteiger partial charge is 0.00489 e. The van der Waals surface area contributed by atoms with E-state index in [1.807, 2.05) is 0 Å². The van der Waals surface area contributed by atoms with Crippen LogP contribution in [0.3, 0.4) is 0 Å². The van der Waals surface area contributed by atoms with Crippen LogP contribution in [0.25, 0.3) is 0 Å². The van der Waals surface area contributed by atoms with Crippen LogP contribution in [0.1, 0.15) is 59.8 Å². The highest BCUT2D eigenvalue weighted by molar-refractivity contribution is 4.60. The van der Waals surface area contributed by atoms with Gasteiger partial charge in [-0.15, -0.1) is 0 Å². The molecule has 0 aromatic carbocycles. The maximum atomic E-state index is 3.45. The molecule has 0 bridgehead atoms. The van der Waals surface area contributed by atoms with E-state index < -0.39 is 0 Å². The summed E-state index contributed by atoms with van der Waals surface area (Å²) in [5.41, 5.74) is 0. The van der Waals surface area contributed by atoms with Gasteiger partial charge in [-0.2, -0.15) is 0 Å². The Labute approximate surface area is 90.7 Å². The summed E-state index contributed by atoms with van der Waals surface area (Å²) in [6.45, 7) is 11.7. The van der Waals surface area contributed by atoms with Crippen molar-refractivity contribution in [3.8, 4) is 0 Å². The minimum absolute atomic E-state index is 0.901. The van der Waals surface area contributed by atoms with E-state index in [1.54, 1.807) is 0 Å². The summed E-state index contributed by atoms with van der Waals surface area (Å²) in [6.07, 6.45) is 6.73. The fraction of sp³-hybridized carbons (Fsp3) is 1.00. The van der Waals surface area contributed by atoms with Crippen molar-refractivity contribution in [3.05, 3.63) is 0 Å². The van der Waals surface area contributed by atoms with Gasteiger partial charge >= 0.3 is 0 Å². The van der Waals surface area contributed by atoms with Crippen molar-refractivity contribution < 1.29 is 0 Å². The van der Waals surface area contributed by atoms with E-state index in [2.05, 4.69) is 33.0 Å². The largest absolute Gasteiger partial charge is 0.317 e. The third-order valence-electron chi connectivity index (χ3n) is 3.31. The molecule has 1 heteroatoms. The van der Waals surface area contributed by atoms with Crippen LogP contribution in [0.2, 0.25) is 0 Å². The molecule has 0 saturated carbocycles. The number of hydrogen-bond acceptors (Lipinski definition) is 1. The molecule has 0 aliphatic carbocycles. The molecule has 1 N–H and O–H groups in total. The second-order valence-corrected chi connectivity index (χ2v) is 4.61. The third kappa shape index (κ3) is 7.37. The molecule has 0 rings (SSSR count). The van der Waals surface area contributed by atoms with Gasteiger partial charge in [0.15, 0.2) is 0 Å². The standard InChI is InChI=1S/C13H29N/c1-5-10-14-11-8-7-9-13(4)12(3)6-2/h12-14H,5-11H2,1-4H3/t12-,13-/m1/s1. The summed E-state index contributed by atoms with van der Waals surface area (Å²) < 4.78 is 0. The molecular formula is C13H29N. The normalized spacial score (nSPS) is 15.4. The minimum atomic E-state index is 0.901. The van der Waals surface area contributed by atoms with Crippen LogP contribution < -0.4 is 5.32 Å². The van der Waals surface area contributed by atoms with Crippen molar-refractivity contribution >= 4 is 0 Å². The quantitative estimate of drug-likeness (QED) is 0.556. The molecule has 1 nitrogen and oxygen atoms in total. The molecule has 14 heavy (non-hydrogen) atoms. The zero-order valence-corrected chi connectivity index (χ0v) is 10.6. The summed E-state index contributed by atoms with van der Waals surface area (Å²) in [7, 11) is 0. The third-order valence-corrected chi connectivity index (χ3v) is 3.31. The van der Waals surface area contributed by atoms with Crippen LogP contribution in [0.4, 0.5) is 0 Å². The molecule has 0 amide bonds. The lowest BCUT2D eigenvalue weighted by Gasteiger charge is -2.17. The van der Waals surface area contributed by atoms with E-state index in [9.17, 15) is 0 Å². The van der Waals surface area contributed by atoms with Crippen LogP contribution >= 0.6 is 0 Å². The zero-order valence-electron chi connectivity index (χ0n) is 10.6. The first-order valence-corrected chi connectivity index (χ1v) is 6.43. The molecule has 0 saturated heterocycles. The van der Waals surface area contributed by atoms with E-state index in [-0.39, 0.29) is 0 Å². The first-order chi connectivity index (χ1) is 6.72. The second-order valence-electron chi connectivity index (χ2n) is 4.61. The van der Waals surface area contributed by atoms with Gasteiger partial charge in [0, 0.05) is 0 Å². The van der Waals surface area contributed by atoms with Gasteiger partial charge in [0.2, 0.25) is 0 Å². The van der Waals surface area contributed by atoms with Gasteiger partial charge in [-0.05, 0) is 37.8 Å². The maximum Gasteiger partial charge on any atom is -0.00489 e. The van der Waals surface area contributed by atoms with Crippen molar-refractivity contribution in [2.75, 3.05) is 13.1 Å². The zero-order chi connectivity index (χ0) is 10.8. The van der Waals surface area contributed by atoms with Crippen molar-refractivity contribution in [2.24, 2.45) is 11.8 Å². The summed E-state index contributed by atoms with van der Waals surface area (Å²) in [4.78, 5) is 0. The maximum absolute atomic E-state index is 3.45. The van der Waals surface area contributed by atoms with E-state index in [0.29, 0.717) is 0 Å². The molecule has 2 atom stereocenters. The molecule has 86 valence electrons. The molecule has 0 heterocycles. The van der Waals surface area contributed by atoms with Crippen molar-refractivity contribution in [3.63, 3.8) is 0 Å². The molecule has 0 spiro atoms. The van der Waals surface area contributed by atoms with Crippen molar-refractivity contribution in [1.29, 1.82) is 0 Å². The second kappa shape index (κ2) is 9.51. The van der Waals surface area contributed by atoms with E-state index in [4.69, 9.17) is 0 Å². The molecule has 0 radical (unpaired) electrons. The van der Waals surface area contributed by atoms with Gasteiger partial charge in [-0.3, -0.25) is 0 Å². The van der Waals surface area contributed by atoms with Gasteiger partial charge in [0.1, 0.15) is 0 Å². The fourth-order valence-corrected chi connectivity index (χ4v) is 1.70. The number of unbranched alkanes of at least 4 members (excludes halogenated alkanes) is 1. The van der Waals surface area contributed by atoms with E-state index in [1.165, 1.54) is 45.2 Å². The molecule has 0 aliphatic rings. The average molecular weight is 199 g/mol. The van der Waals surface area contributed by atoms with Gasteiger partial charge < -0.3 is 5.32 Å². The van der Waals surface area contributed by atoms with Crippen LogP contribution in [0, 0.1) is 11.8 Å². The topological polar surface area (TPSA) is 12.0 Å². The molecule has 0 aliphatic heterocycles. The van der Waals surface area contributed by atoms with Gasteiger partial charge in [-0.25, -0.2) is 0 Å². The Morgan fingerprint density at radius 1 is 0.929 bits per heavy atom. The predicted molar refractivity (Wildman–Crippen MR) is 65.6 cm³/mol. The lowest BCUT2D eigenvalue weighted by Crippen LogP contribution is -2.16. The molecular weight excluding hydrogens is 170 g/mol. The summed E-state index contributed by atoms with van der Waals surface area (Å²) in [5.74, 6) is 1.81. The summed E-state index contributed by atoms with van der Waals surface area (Å²) in [5, 5.41) is 3.45. The lowest BCUT2D eigenvalue weighted by molar-refractivity contribution is 0.343. The monoisotopic (exact) mass is 199 g/mol. The Hall–Kier alpha value is -0.0400. The highest BCUT2D eigenvalue weighted by Crippen LogP contribution is 2.19. The molecule has 0 aromatic heterocycles. The number of rotatable bonds is 9. The highest BCUT2D eigenvalue weighted by Gasteiger charge is 2.08. The molecule has 0 unspecified atom stereocenters. The van der Waals surface area contributed by atoms with Crippen molar-refractivity contribution in [2.45, 2.75) is 59.8 Å². The number of hydrogen-bond donors (Lipinski definition) is 1. The first kappa shape index (κ1) is 14.0. The Bertz CT molecular complexity index is 112. The van der Waals surface area contributed by atoms with Gasteiger partial charge in [-0.1, -0.05) is 47.0 Å². The van der Waals surface area contributed by atoms with Crippen LogP contribution in [0.5, 0.6) is 0 Å².